The van der Waals surface area contributed by atoms with Crippen LogP contribution in [0.3, 0.4) is 0 Å². The number of ether oxygens (including phenoxy) is 1. The van der Waals surface area contributed by atoms with Crippen LogP contribution in [0.5, 0.6) is 5.75 Å². The van der Waals surface area contributed by atoms with Crippen molar-refractivity contribution in [1.29, 1.82) is 0 Å². The van der Waals surface area contributed by atoms with Gasteiger partial charge in [-0.05, 0) is 6.07 Å². The molecule has 5 nitrogen and oxygen atoms in total. The van der Waals surface area contributed by atoms with Crippen LogP contribution >= 0.6 is 11.3 Å². The van der Waals surface area contributed by atoms with Gasteiger partial charge in [0.25, 0.3) is 0 Å². The standard InChI is InChI=1S/C15H16N2O3S/c18-15(19)13-3-1-2-11-8-17(6-7-20-14(11)13)5-4-12-9-21-10-16-12/h1-3,9-10H,4-8H2,(H,18,19). The Morgan fingerprint density at radius 3 is 3.14 bits per heavy atom. The van der Waals surface area contributed by atoms with Crippen LogP contribution in [0, 0.1) is 0 Å². The number of hydrogen-bond acceptors (Lipinski definition) is 5. The molecule has 0 saturated carbocycles. The van der Waals surface area contributed by atoms with Gasteiger partial charge in [-0.25, -0.2) is 9.78 Å². The highest BCUT2D eigenvalue weighted by Gasteiger charge is 2.20. The summed E-state index contributed by atoms with van der Waals surface area (Å²) in [5, 5.41) is 11.3. The maximum absolute atomic E-state index is 11.2. The van der Waals surface area contributed by atoms with E-state index < -0.39 is 5.97 Å². The number of carboxylic acid groups (broad SMARTS) is 1. The van der Waals surface area contributed by atoms with Crippen molar-refractivity contribution in [3.8, 4) is 5.75 Å². The van der Waals surface area contributed by atoms with Crippen LogP contribution in [0.2, 0.25) is 0 Å². The second-order valence-corrected chi connectivity index (χ2v) is 5.67. The molecule has 6 heteroatoms. The zero-order chi connectivity index (χ0) is 14.7. The van der Waals surface area contributed by atoms with Crippen LogP contribution in [-0.2, 0) is 13.0 Å². The molecule has 2 aromatic rings. The second kappa shape index (κ2) is 6.24. The van der Waals surface area contributed by atoms with Crippen LogP contribution in [0.15, 0.2) is 29.1 Å². The topological polar surface area (TPSA) is 62.7 Å². The number of rotatable bonds is 4. The summed E-state index contributed by atoms with van der Waals surface area (Å²) in [6.45, 7) is 2.90. The fourth-order valence-electron chi connectivity index (χ4n) is 2.47. The molecule has 0 saturated heterocycles. The second-order valence-electron chi connectivity index (χ2n) is 4.95. The summed E-state index contributed by atoms with van der Waals surface area (Å²) in [7, 11) is 0. The van der Waals surface area contributed by atoms with Crippen molar-refractivity contribution in [3.63, 3.8) is 0 Å². The van der Waals surface area contributed by atoms with Crippen molar-refractivity contribution in [2.24, 2.45) is 0 Å². The van der Waals surface area contributed by atoms with E-state index >= 15 is 0 Å². The van der Waals surface area contributed by atoms with E-state index in [0.717, 1.165) is 30.8 Å². The molecule has 1 aromatic carbocycles. The number of carboxylic acids is 1. The number of aromatic carboxylic acids is 1. The van der Waals surface area contributed by atoms with Gasteiger partial charge in [-0.3, -0.25) is 4.90 Å². The smallest absolute Gasteiger partial charge is 0.339 e. The molecule has 110 valence electrons. The van der Waals surface area contributed by atoms with E-state index in [1.807, 2.05) is 11.6 Å². The molecule has 2 heterocycles. The van der Waals surface area contributed by atoms with Crippen LogP contribution in [0.25, 0.3) is 0 Å². The average molecular weight is 304 g/mol. The van der Waals surface area contributed by atoms with Crippen molar-refractivity contribution in [3.05, 3.63) is 45.9 Å². The van der Waals surface area contributed by atoms with E-state index in [0.29, 0.717) is 18.9 Å². The first-order valence-electron chi connectivity index (χ1n) is 6.81. The number of hydrogen-bond donors (Lipinski definition) is 1. The molecule has 0 fully saturated rings. The first kappa shape index (κ1) is 14.0. The number of aromatic nitrogens is 1. The Bertz CT molecular complexity index is 628. The summed E-state index contributed by atoms with van der Waals surface area (Å²) in [5.74, 6) is -0.427. The van der Waals surface area contributed by atoms with Gasteiger partial charge in [-0.2, -0.15) is 0 Å². The Morgan fingerprint density at radius 2 is 2.38 bits per heavy atom. The van der Waals surface area contributed by atoms with Crippen molar-refractivity contribution in [1.82, 2.24) is 9.88 Å². The van der Waals surface area contributed by atoms with Crippen LogP contribution in [-0.4, -0.2) is 40.7 Å². The Balaban J connectivity index is 1.73. The lowest BCUT2D eigenvalue weighted by atomic mass is 10.1. The van der Waals surface area contributed by atoms with Gasteiger partial charge < -0.3 is 9.84 Å². The molecule has 0 amide bonds. The molecule has 0 spiro atoms. The zero-order valence-electron chi connectivity index (χ0n) is 11.5. The average Bonchev–Trinajstić information content (AvgIpc) is 2.90. The lowest BCUT2D eigenvalue weighted by molar-refractivity contribution is 0.0692. The highest BCUT2D eigenvalue weighted by atomic mass is 32.1. The quantitative estimate of drug-likeness (QED) is 0.939. The van der Waals surface area contributed by atoms with E-state index in [9.17, 15) is 9.90 Å². The van der Waals surface area contributed by atoms with Crippen molar-refractivity contribution < 1.29 is 14.6 Å². The fourth-order valence-corrected chi connectivity index (χ4v) is 3.06. The predicted octanol–water partition coefficient (Wildman–Crippen LogP) is 2.28. The van der Waals surface area contributed by atoms with Crippen LogP contribution in [0.1, 0.15) is 21.6 Å². The SMILES string of the molecule is O=C(O)c1cccc2c1OCCN(CCc1cscn1)C2. The molecule has 0 unspecified atom stereocenters. The number of para-hydroxylation sites is 1. The van der Waals surface area contributed by atoms with Gasteiger partial charge in [0.2, 0.25) is 0 Å². The predicted molar refractivity (Wildman–Crippen MR) is 80.0 cm³/mol. The lowest BCUT2D eigenvalue weighted by Gasteiger charge is -2.18. The third-order valence-electron chi connectivity index (χ3n) is 3.54. The third kappa shape index (κ3) is 3.22. The molecular formula is C15H16N2O3S. The van der Waals surface area contributed by atoms with Crippen molar-refractivity contribution in [2.45, 2.75) is 13.0 Å². The highest BCUT2D eigenvalue weighted by molar-refractivity contribution is 7.07. The largest absolute Gasteiger partial charge is 0.491 e. The zero-order valence-corrected chi connectivity index (χ0v) is 12.3. The normalized spacial score (nSPS) is 15.0. The molecule has 0 atom stereocenters. The summed E-state index contributed by atoms with van der Waals surface area (Å²) in [5.41, 5.74) is 4.12. The minimum Gasteiger partial charge on any atom is -0.491 e. The molecule has 1 aliphatic rings. The number of thiazole rings is 1. The minimum atomic E-state index is -0.942. The number of carbonyl (C=O) groups is 1. The summed E-state index contributed by atoms with van der Waals surface area (Å²) < 4.78 is 5.67. The molecule has 1 aliphatic heterocycles. The van der Waals surface area contributed by atoms with Crippen molar-refractivity contribution >= 4 is 17.3 Å². The summed E-state index contributed by atoms with van der Waals surface area (Å²) in [6, 6.07) is 5.30. The Labute approximate surface area is 126 Å². The molecule has 1 N–H and O–H groups in total. The summed E-state index contributed by atoms with van der Waals surface area (Å²) in [4.78, 5) is 17.8. The highest BCUT2D eigenvalue weighted by Crippen LogP contribution is 2.27. The van der Waals surface area contributed by atoms with E-state index in [4.69, 9.17) is 4.74 Å². The van der Waals surface area contributed by atoms with Gasteiger partial charge in [0.15, 0.2) is 0 Å². The molecule has 3 rings (SSSR count). The Kier molecular flexibility index (Phi) is 4.17. The number of benzene rings is 1. The summed E-state index contributed by atoms with van der Waals surface area (Å²) in [6.07, 6.45) is 0.900. The Hall–Kier alpha value is -1.92. The minimum absolute atomic E-state index is 0.244. The molecule has 1 aromatic heterocycles. The summed E-state index contributed by atoms with van der Waals surface area (Å²) >= 11 is 1.60. The maximum atomic E-state index is 11.2. The molecule has 21 heavy (non-hydrogen) atoms. The first-order valence-corrected chi connectivity index (χ1v) is 7.76. The third-order valence-corrected chi connectivity index (χ3v) is 4.18. The van der Waals surface area contributed by atoms with Crippen LogP contribution < -0.4 is 4.74 Å². The monoisotopic (exact) mass is 304 g/mol. The molecular weight excluding hydrogens is 288 g/mol. The van der Waals surface area contributed by atoms with E-state index in [1.54, 1.807) is 23.5 Å². The van der Waals surface area contributed by atoms with Crippen LogP contribution in [0.4, 0.5) is 0 Å². The molecule has 0 aliphatic carbocycles. The molecule has 0 radical (unpaired) electrons. The van der Waals surface area contributed by atoms with Gasteiger partial charge in [-0.1, -0.05) is 12.1 Å². The number of nitrogens with zero attached hydrogens (tertiary/aromatic N) is 2. The van der Waals surface area contributed by atoms with E-state index in [2.05, 4.69) is 15.3 Å². The number of fused-ring (bicyclic) bond motifs is 1. The molecule has 0 bridgehead atoms. The van der Waals surface area contributed by atoms with Gasteiger partial charge in [0.1, 0.15) is 17.9 Å². The fraction of sp³-hybridized carbons (Fsp3) is 0.333. The van der Waals surface area contributed by atoms with Gasteiger partial charge in [0, 0.05) is 37.0 Å². The lowest BCUT2D eigenvalue weighted by Crippen LogP contribution is -2.28. The van der Waals surface area contributed by atoms with Crippen molar-refractivity contribution in [2.75, 3.05) is 19.7 Å². The van der Waals surface area contributed by atoms with E-state index in [-0.39, 0.29) is 5.56 Å². The first-order chi connectivity index (χ1) is 10.2. The van der Waals surface area contributed by atoms with Gasteiger partial charge >= 0.3 is 5.97 Å². The maximum Gasteiger partial charge on any atom is 0.339 e. The van der Waals surface area contributed by atoms with Gasteiger partial charge in [-0.15, -0.1) is 11.3 Å². The Morgan fingerprint density at radius 1 is 1.48 bits per heavy atom. The van der Waals surface area contributed by atoms with Gasteiger partial charge in [0.05, 0.1) is 11.2 Å². The van der Waals surface area contributed by atoms with E-state index in [1.165, 1.54) is 0 Å².